The van der Waals surface area contributed by atoms with Crippen LogP contribution < -0.4 is 0 Å². The Hall–Kier alpha value is -1.72. The number of hydrogen-bond donors (Lipinski definition) is 0. The number of nitrogens with zero attached hydrogens (tertiary/aromatic N) is 1. The fourth-order valence-electron chi connectivity index (χ4n) is 1.84. The summed E-state index contributed by atoms with van der Waals surface area (Å²) < 4.78 is 0.656. The molecule has 2 rings (SSSR count). The SMILES string of the molecule is CC(=O)c1ccc(-c2ccc(Cl)cc2Br)c([N+](=O)[O-])c1. The van der Waals surface area contributed by atoms with E-state index in [0.29, 0.717) is 26.2 Å². The van der Waals surface area contributed by atoms with Crippen molar-refractivity contribution < 1.29 is 9.72 Å². The minimum absolute atomic E-state index is 0.110. The summed E-state index contributed by atoms with van der Waals surface area (Å²) in [6, 6.07) is 9.46. The molecule has 0 saturated heterocycles. The largest absolute Gasteiger partial charge is 0.295 e. The minimum atomic E-state index is -0.497. The standard InChI is InChI=1S/C14H9BrClNO3/c1-8(18)9-2-4-12(14(6-9)17(19)20)11-5-3-10(16)7-13(11)15/h2-7H,1H3. The quantitative estimate of drug-likeness (QED) is 0.448. The van der Waals surface area contributed by atoms with E-state index < -0.39 is 4.92 Å². The fourth-order valence-corrected chi connectivity index (χ4v) is 2.73. The number of rotatable bonds is 3. The van der Waals surface area contributed by atoms with Crippen molar-refractivity contribution in [2.75, 3.05) is 0 Å². The van der Waals surface area contributed by atoms with Gasteiger partial charge in [0.1, 0.15) is 0 Å². The average molecular weight is 355 g/mol. The van der Waals surface area contributed by atoms with Gasteiger partial charge in [0.15, 0.2) is 5.78 Å². The molecule has 102 valence electrons. The number of nitro benzene ring substituents is 1. The average Bonchev–Trinajstić information content (AvgIpc) is 2.38. The van der Waals surface area contributed by atoms with E-state index in [1.54, 1.807) is 30.3 Å². The molecule has 0 aliphatic carbocycles. The van der Waals surface area contributed by atoms with Gasteiger partial charge in [0.2, 0.25) is 0 Å². The number of hydrogen-bond acceptors (Lipinski definition) is 3. The maximum Gasteiger partial charge on any atom is 0.277 e. The third-order valence-electron chi connectivity index (χ3n) is 2.82. The third-order valence-corrected chi connectivity index (χ3v) is 3.71. The number of ketones is 1. The summed E-state index contributed by atoms with van der Waals surface area (Å²) in [7, 11) is 0. The van der Waals surface area contributed by atoms with E-state index in [1.165, 1.54) is 13.0 Å². The molecule has 6 heteroatoms. The zero-order valence-electron chi connectivity index (χ0n) is 10.4. The lowest BCUT2D eigenvalue weighted by Crippen LogP contribution is -1.98. The van der Waals surface area contributed by atoms with Crippen molar-refractivity contribution in [3.05, 3.63) is 61.6 Å². The second-order valence-corrected chi connectivity index (χ2v) is 5.46. The number of Topliss-reactive ketones (excluding diaryl/α,β-unsaturated/α-hetero) is 1. The van der Waals surface area contributed by atoms with Crippen molar-refractivity contribution in [2.45, 2.75) is 6.92 Å². The summed E-state index contributed by atoms with van der Waals surface area (Å²) in [5, 5.41) is 11.7. The maximum atomic E-state index is 11.3. The Morgan fingerprint density at radius 2 is 1.85 bits per heavy atom. The van der Waals surface area contributed by atoms with Gasteiger partial charge in [-0.3, -0.25) is 14.9 Å². The Morgan fingerprint density at radius 1 is 1.20 bits per heavy atom. The summed E-state index contributed by atoms with van der Waals surface area (Å²) in [6.07, 6.45) is 0. The van der Waals surface area contributed by atoms with E-state index in [0.717, 1.165) is 0 Å². The lowest BCUT2D eigenvalue weighted by atomic mass is 10.0. The van der Waals surface area contributed by atoms with Gasteiger partial charge in [-0.25, -0.2) is 0 Å². The van der Waals surface area contributed by atoms with Gasteiger partial charge >= 0.3 is 0 Å². The first kappa shape index (κ1) is 14.7. The zero-order chi connectivity index (χ0) is 14.9. The molecule has 0 saturated carbocycles. The molecule has 2 aromatic rings. The first-order valence-corrected chi connectivity index (χ1v) is 6.82. The Bertz CT molecular complexity index is 716. The molecule has 0 radical (unpaired) electrons. The highest BCUT2D eigenvalue weighted by molar-refractivity contribution is 9.10. The van der Waals surface area contributed by atoms with Crippen molar-refractivity contribution in [1.29, 1.82) is 0 Å². The van der Waals surface area contributed by atoms with Crippen LogP contribution in [-0.2, 0) is 0 Å². The number of nitro groups is 1. The van der Waals surface area contributed by atoms with E-state index in [9.17, 15) is 14.9 Å². The van der Waals surface area contributed by atoms with Crippen LogP contribution in [0, 0.1) is 10.1 Å². The van der Waals surface area contributed by atoms with E-state index in [2.05, 4.69) is 15.9 Å². The molecule has 2 aromatic carbocycles. The minimum Gasteiger partial charge on any atom is -0.295 e. The van der Waals surface area contributed by atoms with E-state index in [-0.39, 0.29) is 11.5 Å². The molecule has 0 aliphatic heterocycles. The van der Waals surface area contributed by atoms with Gasteiger partial charge in [0.25, 0.3) is 5.69 Å². The fraction of sp³-hybridized carbons (Fsp3) is 0.0714. The Morgan fingerprint density at radius 3 is 2.40 bits per heavy atom. The second kappa shape index (κ2) is 5.73. The Balaban J connectivity index is 2.67. The molecule has 20 heavy (non-hydrogen) atoms. The topological polar surface area (TPSA) is 60.2 Å². The van der Waals surface area contributed by atoms with Gasteiger partial charge < -0.3 is 0 Å². The highest BCUT2D eigenvalue weighted by atomic mass is 79.9. The molecule has 0 aliphatic rings. The normalized spacial score (nSPS) is 10.3. The highest BCUT2D eigenvalue weighted by Crippen LogP contribution is 2.36. The van der Waals surface area contributed by atoms with Crippen LogP contribution in [0.3, 0.4) is 0 Å². The first-order chi connectivity index (χ1) is 9.40. The third kappa shape index (κ3) is 2.89. The molecule has 0 fully saturated rings. The molecule has 0 bridgehead atoms. The lowest BCUT2D eigenvalue weighted by Gasteiger charge is -2.07. The van der Waals surface area contributed by atoms with Crippen molar-refractivity contribution in [3.63, 3.8) is 0 Å². The molecular formula is C14H9BrClNO3. The van der Waals surface area contributed by atoms with Crippen LogP contribution >= 0.6 is 27.5 Å². The van der Waals surface area contributed by atoms with Crippen LogP contribution in [-0.4, -0.2) is 10.7 Å². The molecular weight excluding hydrogens is 346 g/mol. The smallest absolute Gasteiger partial charge is 0.277 e. The molecule has 0 atom stereocenters. The molecule has 0 N–H and O–H groups in total. The van der Waals surface area contributed by atoms with Crippen LogP contribution in [0.1, 0.15) is 17.3 Å². The van der Waals surface area contributed by atoms with Gasteiger partial charge in [-0.05, 0) is 25.1 Å². The number of carbonyl (C=O) groups excluding carboxylic acids is 1. The zero-order valence-corrected chi connectivity index (χ0v) is 12.7. The number of halogens is 2. The van der Waals surface area contributed by atoms with Crippen molar-refractivity contribution >= 4 is 39.0 Å². The summed E-state index contributed by atoms with van der Waals surface area (Å²) >= 11 is 9.21. The van der Waals surface area contributed by atoms with Gasteiger partial charge in [-0.1, -0.05) is 39.7 Å². The highest BCUT2D eigenvalue weighted by Gasteiger charge is 2.19. The number of benzene rings is 2. The summed E-state index contributed by atoms with van der Waals surface area (Å²) in [5.74, 6) is -0.213. The van der Waals surface area contributed by atoms with Crippen LogP contribution in [0.2, 0.25) is 5.02 Å². The van der Waals surface area contributed by atoms with Crippen LogP contribution in [0.25, 0.3) is 11.1 Å². The van der Waals surface area contributed by atoms with Crippen LogP contribution in [0.4, 0.5) is 5.69 Å². The van der Waals surface area contributed by atoms with Gasteiger partial charge in [-0.15, -0.1) is 0 Å². The maximum absolute atomic E-state index is 11.3. The van der Waals surface area contributed by atoms with Crippen LogP contribution in [0.15, 0.2) is 40.9 Å². The Kier molecular flexibility index (Phi) is 4.20. The molecule has 0 heterocycles. The summed E-state index contributed by atoms with van der Waals surface area (Å²) in [6.45, 7) is 1.37. The van der Waals surface area contributed by atoms with Gasteiger partial charge in [-0.2, -0.15) is 0 Å². The van der Waals surface area contributed by atoms with Crippen molar-refractivity contribution in [2.24, 2.45) is 0 Å². The first-order valence-electron chi connectivity index (χ1n) is 5.65. The van der Waals surface area contributed by atoms with Crippen molar-refractivity contribution in [3.8, 4) is 11.1 Å². The van der Waals surface area contributed by atoms with E-state index in [1.807, 2.05) is 0 Å². The van der Waals surface area contributed by atoms with Crippen LogP contribution in [0.5, 0.6) is 0 Å². The summed E-state index contributed by atoms with van der Waals surface area (Å²) in [4.78, 5) is 22.0. The monoisotopic (exact) mass is 353 g/mol. The Labute approximate surface area is 128 Å². The lowest BCUT2D eigenvalue weighted by molar-refractivity contribution is -0.384. The molecule has 0 amide bonds. The molecule has 0 aromatic heterocycles. The second-order valence-electron chi connectivity index (χ2n) is 4.17. The van der Waals surface area contributed by atoms with Crippen molar-refractivity contribution in [1.82, 2.24) is 0 Å². The summed E-state index contributed by atoms with van der Waals surface area (Å²) in [5.41, 5.74) is 1.28. The van der Waals surface area contributed by atoms with Gasteiger partial charge in [0.05, 0.1) is 10.5 Å². The predicted molar refractivity (Wildman–Crippen MR) is 81.2 cm³/mol. The van der Waals surface area contributed by atoms with Gasteiger partial charge in [0, 0.05) is 26.7 Å². The van der Waals surface area contributed by atoms with E-state index >= 15 is 0 Å². The molecule has 0 unspecified atom stereocenters. The van der Waals surface area contributed by atoms with E-state index in [4.69, 9.17) is 11.6 Å². The number of carbonyl (C=O) groups is 1. The predicted octanol–water partition coefficient (Wildman–Crippen LogP) is 4.88. The molecule has 4 nitrogen and oxygen atoms in total. The molecule has 0 spiro atoms.